The van der Waals surface area contributed by atoms with Crippen LogP contribution in [0.4, 0.5) is 5.82 Å². The zero-order valence-electron chi connectivity index (χ0n) is 8.96. The standard InChI is InChI=1S/C10H13N3O3/c1-16-10(15)9-11-4-2-8(12-9)13-5-3-7(14)6-13/h2,4,7,14H,3,5-6H2,1H3. The molecule has 0 amide bonds. The van der Waals surface area contributed by atoms with Crippen molar-refractivity contribution in [2.45, 2.75) is 12.5 Å². The Bertz CT molecular complexity index is 397. The fraction of sp³-hybridized carbons (Fsp3) is 0.500. The van der Waals surface area contributed by atoms with E-state index in [0.29, 0.717) is 12.4 Å². The minimum absolute atomic E-state index is 0.0430. The Hall–Kier alpha value is -1.69. The van der Waals surface area contributed by atoms with Gasteiger partial charge in [-0.1, -0.05) is 0 Å². The molecule has 86 valence electrons. The van der Waals surface area contributed by atoms with E-state index in [2.05, 4.69) is 14.7 Å². The van der Waals surface area contributed by atoms with Gasteiger partial charge in [-0.15, -0.1) is 0 Å². The maximum absolute atomic E-state index is 11.2. The van der Waals surface area contributed by atoms with E-state index in [9.17, 15) is 9.90 Å². The van der Waals surface area contributed by atoms with Crippen molar-refractivity contribution in [1.82, 2.24) is 9.97 Å². The van der Waals surface area contributed by atoms with E-state index in [0.717, 1.165) is 13.0 Å². The fourth-order valence-corrected chi connectivity index (χ4v) is 1.66. The summed E-state index contributed by atoms with van der Waals surface area (Å²) in [6.45, 7) is 1.27. The summed E-state index contributed by atoms with van der Waals surface area (Å²) in [5.74, 6) is 0.134. The Morgan fingerprint density at radius 2 is 2.50 bits per heavy atom. The van der Waals surface area contributed by atoms with Gasteiger partial charge in [0.05, 0.1) is 13.2 Å². The van der Waals surface area contributed by atoms with E-state index < -0.39 is 5.97 Å². The second-order valence-corrected chi connectivity index (χ2v) is 3.62. The van der Waals surface area contributed by atoms with Gasteiger partial charge in [-0.3, -0.25) is 0 Å². The lowest BCUT2D eigenvalue weighted by Gasteiger charge is -2.16. The van der Waals surface area contributed by atoms with Crippen LogP contribution < -0.4 is 4.90 Å². The van der Waals surface area contributed by atoms with Crippen molar-refractivity contribution in [1.29, 1.82) is 0 Å². The maximum atomic E-state index is 11.2. The molecule has 2 rings (SSSR count). The Morgan fingerprint density at radius 1 is 1.69 bits per heavy atom. The van der Waals surface area contributed by atoms with Crippen molar-refractivity contribution in [2.24, 2.45) is 0 Å². The van der Waals surface area contributed by atoms with E-state index in [1.165, 1.54) is 13.3 Å². The lowest BCUT2D eigenvalue weighted by Crippen LogP contribution is -2.23. The molecule has 6 nitrogen and oxygen atoms in total. The number of esters is 1. The zero-order chi connectivity index (χ0) is 11.5. The molecule has 1 aliphatic rings. The quantitative estimate of drug-likeness (QED) is 0.702. The lowest BCUT2D eigenvalue weighted by molar-refractivity contribution is 0.0587. The van der Waals surface area contributed by atoms with Gasteiger partial charge in [0, 0.05) is 19.3 Å². The highest BCUT2D eigenvalue weighted by Gasteiger charge is 2.22. The Labute approximate surface area is 92.9 Å². The SMILES string of the molecule is COC(=O)c1nccc(N2CCC(O)C2)n1. The number of rotatable bonds is 2. The van der Waals surface area contributed by atoms with Gasteiger partial charge in [-0.25, -0.2) is 14.8 Å². The second kappa shape index (κ2) is 4.44. The molecule has 1 saturated heterocycles. The minimum atomic E-state index is -0.554. The van der Waals surface area contributed by atoms with Crippen LogP contribution in [-0.2, 0) is 4.74 Å². The molecule has 1 aromatic heterocycles. The molecule has 1 fully saturated rings. The fourth-order valence-electron chi connectivity index (χ4n) is 1.66. The highest BCUT2D eigenvalue weighted by atomic mass is 16.5. The Kier molecular flexibility index (Phi) is 3.00. The molecular formula is C10H13N3O3. The first-order valence-electron chi connectivity index (χ1n) is 5.05. The third kappa shape index (κ3) is 2.11. The van der Waals surface area contributed by atoms with Crippen LogP contribution >= 0.6 is 0 Å². The maximum Gasteiger partial charge on any atom is 0.376 e. The van der Waals surface area contributed by atoms with Crippen molar-refractivity contribution >= 4 is 11.8 Å². The topological polar surface area (TPSA) is 75.5 Å². The monoisotopic (exact) mass is 223 g/mol. The van der Waals surface area contributed by atoms with E-state index >= 15 is 0 Å². The molecule has 1 N–H and O–H groups in total. The van der Waals surface area contributed by atoms with Gasteiger partial charge in [0.1, 0.15) is 5.82 Å². The van der Waals surface area contributed by atoms with Crippen molar-refractivity contribution < 1.29 is 14.6 Å². The van der Waals surface area contributed by atoms with Gasteiger partial charge in [0.15, 0.2) is 0 Å². The Morgan fingerprint density at radius 3 is 3.12 bits per heavy atom. The van der Waals surface area contributed by atoms with E-state index in [-0.39, 0.29) is 11.9 Å². The molecule has 1 unspecified atom stereocenters. The van der Waals surface area contributed by atoms with Crippen LogP contribution in [-0.4, -0.2) is 47.3 Å². The third-order valence-corrected chi connectivity index (χ3v) is 2.50. The molecule has 1 atom stereocenters. The third-order valence-electron chi connectivity index (χ3n) is 2.50. The predicted molar refractivity (Wildman–Crippen MR) is 56.2 cm³/mol. The van der Waals surface area contributed by atoms with Gasteiger partial charge in [-0.2, -0.15) is 0 Å². The summed E-state index contributed by atoms with van der Waals surface area (Å²) in [4.78, 5) is 21.1. The molecule has 1 aromatic rings. The first-order valence-corrected chi connectivity index (χ1v) is 5.05. The summed E-state index contributed by atoms with van der Waals surface area (Å²) in [6.07, 6.45) is 1.91. The average Bonchev–Trinajstić information content (AvgIpc) is 2.75. The number of aliphatic hydroxyl groups excluding tert-OH is 1. The van der Waals surface area contributed by atoms with Crippen LogP contribution in [0.3, 0.4) is 0 Å². The van der Waals surface area contributed by atoms with Crippen LogP contribution in [0, 0.1) is 0 Å². The van der Waals surface area contributed by atoms with Gasteiger partial charge in [0.2, 0.25) is 5.82 Å². The van der Waals surface area contributed by atoms with E-state index in [1.54, 1.807) is 6.07 Å². The van der Waals surface area contributed by atoms with Crippen molar-refractivity contribution in [3.8, 4) is 0 Å². The predicted octanol–water partition coefficient (Wildman–Crippen LogP) is -0.166. The number of aromatic nitrogens is 2. The molecule has 2 heterocycles. The number of methoxy groups -OCH3 is 1. The van der Waals surface area contributed by atoms with E-state index in [1.807, 2.05) is 4.90 Å². The smallest absolute Gasteiger partial charge is 0.376 e. The molecule has 0 spiro atoms. The molecule has 16 heavy (non-hydrogen) atoms. The molecule has 6 heteroatoms. The van der Waals surface area contributed by atoms with Gasteiger partial charge >= 0.3 is 5.97 Å². The molecule has 0 bridgehead atoms. The van der Waals surface area contributed by atoms with Crippen LogP contribution in [0.15, 0.2) is 12.3 Å². The van der Waals surface area contributed by atoms with Crippen molar-refractivity contribution in [3.63, 3.8) is 0 Å². The number of aliphatic hydroxyl groups is 1. The number of ether oxygens (including phenoxy) is 1. The van der Waals surface area contributed by atoms with Gasteiger partial charge in [-0.05, 0) is 12.5 Å². The minimum Gasteiger partial charge on any atom is -0.463 e. The van der Waals surface area contributed by atoms with Crippen LogP contribution in [0.2, 0.25) is 0 Å². The molecule has 0 saturated carbocycles. The van der Waals surface area contributed by atoms with Gasteiger partial charge in [0.25, 0.3) is 0 Å². The first-order chi connectivity index (χ1) is 7.70. The summed E-state index contributed by atoms with van der Waals surface area (Å²) in [6, 6.07) is 1.71. The zero-order valence-corrected chi connectivity index (χ0v) is 8.96. The van der Waals surface area contributed by atoms with Crippen LogP contribution in [0.5, 0.6) is 0 Å². The number of carbonyl (C=O) groups is 1. The summed E-state index contributed by atoms with van der Waals surface area (Å²) >= 11 is 0. The normalized spacial score (nSPS) is 19.9. The van der Waals surface area contributed by atoms with Crippen LogP contribution in [0.1, 0.15) is 17.0 Å². The molecular weight excluding hydrogens is 210 g/mol. The number of nitrogens with zero attached hydrogens (tertiary/aromatic N) is 3. The summed E-state index contributed by atoms with van der Waals surface area (Å²) in [5, 5.41) is 9.41. The first kappa shape index (κ1) is 10.8. The van der Waals surface area contributed by atoms with Crippen molar-refractivity contribution in [2.75, 3.05) is 25.1 Å². The Balaban J connectivity index is 2.19. The largest absolute Gasteiger partial charge is 0.463 e. The molecule has 1 aliphatic heterocycles. The number of β-amino-alcohol motifs (C(OH)–C–C–N with tert-alkyl or cyclic N) is 1. The lowest BCUT2D eigenvalue weighted by atomic mass is 10.3. The average molecular weight is 223 g/mol. The molecule has 0 radical (unpaired) electrons. The number of hydrogen-bond donors (Lipinski definition) is 1. The second-order valence-electron chi connectivity index (χ2n) is 3.62. The highest BCUT2D eigenvalue weighted by molar-refractivity contribution is 5.85. The number of carbonyl (C=O) groups excluding carboxylic acids is 1. The molecule has 0 aliphatic carbocycles. The van der Waals surface area contributed by atoms with Crippen LogP contribution in [0.25, 0.3) is 0 Å². The summed E-state index contributed by atoms with van der Waals surface area (Å²) in [5.41, 5.74) is 0. The number of hydrogen-bond acceptors (Lipinski definition) is 6. The van der Waals surface area contributed by atoms with Crippen molar-refractivity contribution in [3.05, 3.63) is 18.1 Å². The highest BCUT2D eigenvalue weighted by Crippen LogP contribution is 2.17. The molecule has 0 aromatic carbocycles. The summed E-state index contributed by atoms with van der Waals surface area (Å²) in [7, 11) is 1.29. The van der Waals surface area contributed by atoms with Gasteiger partial charge < -0.3 is 14.7 Å². The summed E-state index contributed by atoms with van der Waals surface area (Å²) < 4.78 is 4.54. The van der Waals surface area contributed by atoms with E-state index in [4.69, 9.17) is 0 Å². The number of anilines is 1.